The van der Waals surface area contributed by atoms with Crippen LogP contribution in [-0.2, 0) is 7.05 Å². The molecule has 9 heteroatoms. The van der Waals surface area contributed by atoms with Gasteiger partial charge >= 0.3 is 0 Å². The molecule has 0 aliphatic carbocycles. The third kappa shape index (κ3) is 3.19. The molecule has 0 amide bonds. The van der Waals surface area contributed by atoms with Crippen LogP contribution in [0.25, 0.3) is 0 Å². The number of nitro groups is 1. The quantitative estimate of drug-likeness (QED) is 0.657. The van der Waals surface area contributed by atoms with E-state index >= 15 is 0 Å². The molecule has 0 radical (unpaired) electrons. The minimum Gasteiger partial charge on any atom is -0.370 e. The maximum atomic E-state index is 10.9. The van der Waals surface area contributed by atoms with E-state index in [-0.39, 0.29) is 5.69 Å². The van der Waals surface area contributed by atoms with Crippen LogP contribution in [0.1, 0.15) is 6.92 Å². The summed E-state index contributed by atoms with van der Waals surface area (Å²) in [6.45, 7) is 2.54. The Balaban J connectivity index is 2.33. The lowest BCUT2D eigenvalue weighted by Gasteiger charge is -2.05. The van der Waals surface area contributed by atoms with Crippen LogP contribution >= 0.6 is 11.8 Å². The number of nitrogens with one attached hydrogen (secondary N) is 1. The van der Waals surface area contributed by atoms with Crippen LogP contribution in [-0.4, -0.2) is 31.2 Å². The summed E-state index contributed by atoms with van der Waals surface area (Å²) in [4.78, 5) is 18.8. The standard InChI is InChI=1S/C10H12N6O2S/c1-3-11-8-4-7(16(17)18)5-9(14-8)19-10-12-6-13-15(10)2/h4-6H,3H2,1-2H3,(H,11,14). The minimum absolute atomic E-state index is 0.00406. The van der Waals surface area contributed by atoms with Crippen LogP contribution in [0.15, 0.2) is 28.6 Å². The molecule has 2 rings (SSSR count). The van der Waals surface area contributed by atoms with E-state index in [2.05, 4.69) is 20.4 Å². The van der Waals surface area contributed by atoms with Gasteiger partial charge in [-0.25, -0.2) is 14.6 Å². The summed E-state index contributed by atoms with van der Waals surface area (Å²) < 4.78 is 1.58. The number of aryl methyl sites for hydroxylation is 1. The lowest BCUT2D eigenvalue weighted by atomic mass is 10.4. The fourth-order valence-corrected chi connectivity index (χ4v) is 2.18. The van der Waals surface area contributed by atoms with Crippen molar-refractivity contribution in [2.75, 3.05) is 11.9 Å². The van der Waals surface area contributed by atoms with Gasteiger partial charge in [-0.15, -0.1) is 0 Å². The zero-order valence-corrected chi connectivity index (χ0v) is 11.2. The van der Waals surface area contributed by atoms with Gasteiger partial charge in [0.15, 0.2) is 5.16 Å². The number of hydrogen-bond acceptors (Lipinski definition) is 7. The lowest BCUT2D eigenvalue weighted by Crippen LogP contribution is -2.02. The van der Waals surface area contributed by atoms with Gasteiger partial charge in [0.25, 0.3) is 5.69 Å². The minimum atomic E-state index is -0.441. The Morgan fingerprint density at radius 2 is 2.32 bits per heavy atom. The molecule has 8 nitrogen and oxygen atoms in total. The van der Waals surface area contributed by atoms with Gasteiger partial charge in [0, 0.05) is 19.7 Å². The highest BCUT2D eigenvalue weighted by atomic mass is 32.2. The maximum absolute atomic E-state index is 10.9. The molecule has 0 saturated heterocycles. The molecule has 0 fully saturated rings. The Bertz CT molecular complexity index is 599. The van der Waals surface area contributed by atoms with Crippen molar-refractivity contribution in [2.45, 2.75) is 17.1 Å². The zero-order chi connectivity index (χ0) is 13.8. The van der Waals surface area contributed by atoms with E-state index in [9.17, 15) is 10.1 Å². The van der Waals surface area contributed by atoms with Gasteiger partial charge in [-0.2, -0.15) is 5.10 Å². The maximum Gasteiger partial charge on any atom is 0.275 e. The van der Waals surface area contributed by atoms with E-state index in [1.165, 1.54) is 30.2 Å². The van der Waals surface area contributed by atoms with Crippen LogP contribution in [0.4, 0.5) is 11.5 Å². The monoisotopic (exact) mass is 280 g/mol. The predicted octanol–water partition coefficient (Wildman–Crippen LogP) is 1.70. The zero-order valence-electron chi connectivity index (χ0n) is 10.4. The normalized spacial score (nSPS) is 10.4. The largest absolute Gasteiger partial charge is 0.370 e. The Kier molecular flexibility index (Phi) is 3.95. The molecule has 2 aromatic rings. The Hall–Kier alpha value is -2.16. The summed E-state index contributed by atoms with van der Waals surface area (Å²) in [5.41, 5.74) is -0.00406. The third-order valence-corrected chi connectivity index (χ3v) is 3.19. The molecule has 0 aromatic carbocycles. The highest BCUT2D eigenvalue weighted by Crippen LogP contribution is 2.28. The van der Waals surface area contributed by atoms with Crippen LogP contribution in [0.2, 0.25) is 0 Å². The molecule has 0 aliphatic rings. The Labute approximate surface area is 113 Å². The molecule has 19 heavy (non-hydrogen) atoms. The first-order chi connectivity index (χ1) is 9.10. The van der Waals surface area contributed by atoms with Gasteiger partial charge in [-0.05, 0) is 18.7 Å². The molecule has 0 atom stereocenters. The molecule has 2 heterocycles. The van der Waals surface area contributed by atoms with Crippen molar-refractivity contribution >= 4 is 23.3 Å². The number of pyridine rings is 1. The summed E-state index contributed by atoms with van der Waals surface area (Å²) in [5.74, 6) is 0.473. The SMILES string of the molecule is CCNc1cc([N+](=O)[O-])cc(Sc2ncnn2C)n1. The second-order valence-corrected chi connectivity index (χ2v) is 4.59. The summed E-state index contributed by atoms with van der Waals surface area (Å²) in [6, 6.07) is 2.82. The molecule has 1 N–H and O–H groups in total. The highest BCUT2D eigenvalue weighted by molar-refractivity contribution is 7.99. The van der Waals surface area contributed by atoms with E-state index < -0.39 is 4.92 Å². The third-order valence-electron chi connectivity index (χ3n) is 2.22. The second-order valence-electron chi connectivity index (χ2n) is 3.60. The molecule has 0 bridgehead atoms. The van der Waals surface area contributed by atoms with Crippen molar-refractivity contribution < 1.29 is 4.92 Å². The van der Waals surface area contributed by atoms with Crippen molar-refractivity contribution in [3.8, 4) is 0 Å². The predicted molar refractivity (Wildman–Crippen MR) is 70.2 cm³/mol. The summed E-state index contributed by atoms with van der Waals surface area (Å²) in [6.07, 6.45) is 1.42. The number of rotatable bonds is 5. The van der Waals surface area contributed by atoms with Crippen molar-refractivity contribution in [1.29, 1.82) is 0 Å². The van der Waals surface area contributed by atoms with E-state index in [1.807, 2.05) is 6.92 Å². The lowest BCUT2D eigenvalue weighted by molar-refractivity contribution is -0.385. The van der Waals surface area contributed by atoms with E-state index in [1.54, 1.807) is 11.7 Å². The molecular weight excluding hydrogens is 268 g/mol. The summed E-state index contributed by atoms with van der Waals surface area (Å²) >= 11 is 1.23. The van der Waals surface area contributed by atoms with Gasteiger partial charge in [0.1, 0.15) is 17.2 Å². The smallest absolute Gasteiger partial charge is 0.275 e. The fourth-order valence-electron chi connectivity index (χ4n) is 1.39. The second kappa shape index (κ2) is 5.65. The summed E-state index contributed by atoms with van der Waals surface area (Å²) in [7, 11) is 1.75. The Morgan fingerprint density at radius 1 is 1.53 bits per heavy atom. The molecule has 0 spiro atoms. The Morgan fingerprint density at radius 3 is 2.89 bits per heavy atom. The molecular formula is C10H12N6O2S. The number of hydrogen-bond donors (Lipinski definition) is 1. The molecule has 0 saturated carbocycles. The van der Waals surface area contributed by atoms with Crippen molar-refractivity contribution in [1.82, 2.24) is 19.7 Å². The number of nitrogens with zero attached hydrogens (tertiary/aromatic N) is 5. The first kappa shape index (κ1) is 13.3. The van der Waals surface area contributed by atoms with Crippen LogP contribution in [0.3, 0.4) is 0 Å². The van der Waals surface area contributed by atoms with Gasteiger partial charge in [-0.1, -0.05) is 0 Å². The number of anilines is 1. The summed E-state index contributed by atoms with van der Waals surface area (Å²) in [5, 5.41) is 18.9. The van der Waals surface area contributed by atoms with Crippen LogP contribution in [0, 0.1) is 10.1 Å². The first-order valence-electron chi connectivity index (χ1n) is 5.52. The average Bonchev–Trinajstić information content (AvgIpc) is 2.75. The van der Waals surface area contributed by atoms with Gasteiger partial charge in [0.05, 0.1) is 11.0 Å². The topological polar surface area (TPSA) is 98.8 Å². The highest BCUT2D eigenvalue weighted by Gasteiger charge is 2.13. The average molecular weight is 280 g/mol. The van der Waals surface area contributed by atoms with Crippen LogP contribution in [0.5, 0.6) is 0 Å². The van der Waals surface area contributed by atoms with Crippen molar-refractivity contribution in [2.24, 2.45) is 7.05 Å². The molecule has 0 aliphatic heterocycles. The van der Waals surface area contributed by atoms with E-state index in [4.69, 9.17) is 0 Å². The number of aromatic nitrogens is 4. The first-order valence-corrected chi connectivity index (χ1v) is 6.34. The van der Waals surface area contributed by atoms with Gasteiger partial charge in [0.2, 0.25) is 0 Å². The van der Waals surface area contributed by atoms with Crippen molar-refractivity contribution in [3.05, 3.63) is 28.6 Å². The molecule has 2 aromatic heterocycles. The van der Waals surface area contributed by atoms with Gasteiger partial charge in [-0.3, -0.25) is 10.1 Å². The van der Waals surface area contributed by atoms with E-state index in [0.717, 1.165) is 0 Å². The molecule has 0 unspecified atom stereocenters. The van der Waals surface area contributed by atoms with E-state index in [0.29, 0.717) is 22.5 Å². The van der Waals surface area contributed by atoms with Gasteiger partial charge < -0.3 is 5.32 Å². The van der Waals surface area contributed by atoms with Crippen molar-refractivity contribution in [3.63, 3.8) is 0 Å². The van der Waals surface area contributed by atoms with Crippen LogP contribution < -0.4 is 5.32 Å². The molecule has 100 valence electrons. The fraction of sp³-hybridized carbons (Fsp3) is 0.300.